The SMILES string of the molecule is COCCOCCCN(CCCN)Cc1ccccc1. The molecule has 2 N–H and O–H groups in total. The largest absolute Gasteiger partial charge is 0.382 e. The summed E-state index contributed by atoms with van der Waals surface area (Å²) in [6.45, 7) is 5.95. The molecule has 0 radical (unpaired) electrons. The van der Waals surface area contributed by atoms with Crippen LogP contribution in [-0.4, -0.2) is 51.5 Å². The van der Waals surface area contributed by atoms with Crippen LogP contribution in [-0.2, 0) is 16.0 Å². The van der Waals surface area contributed by atoms with Crippen molar-refractivity contribution in [2.24, 2.45) is 5.73 Å². The Balaban J connectivity index is 2.25. The number of hydrogen-bond acceptors (Lipinski definition) is 4. The summed E-state index contributed by atoms with van der Waals surface area (Å²) >= 11 is 0. The molecule has 0 fully saturated rings. The van der Waals surface area contributed by atoms with E-state index in [4.69, 9.17) is 15.2 Å². The topological polar surface area (TPSA) is 47.7 Å². The van der Waals surface area contributed by atoms with Crippen molar-refractivity contribution in [3.05, 3.63) is 35.9 Å². The molecule has 0 bridgehead atoms. The predicted molar refractivity (Wildman–Crippen MR) is 82.7 cm³/mol. The van der Waals surface area contributed by atoms with Crippen molar-refractivity contribution in [1.29, 1.82) is 0 Å². The van der Waals surface area contributed by atoms with E-state index in [0.717, 1.165) is 45.6 Å². The number of ether oxygens (including phenoxy) is 2. The van der Waals surface area contributed by atoms with Crippen LogP contribution >= 0.6 is 0 Å². The molecule has 0 spiro atoms. The summed E-state index contributed by atoms with van der Waals surface area (Å²) in [5.41, 5.74) is 6.97. The van der Waals surface area contributed by atoms with E-state index in [2.05, 4.69) is 35.2 Å². The average Bonchev–Trinajstić information content (AvgIpc) is 2.49. The van der Waals surface area contributed by atoms with Crippen LogP contribution in [0.5, 0.6) is 0 Å². The van der Waals surface area contributed by atoms with Gasteiger partial charge in [-0.3, -0.25) is 4.90 Å². The van der Waals surface area contributed by atoms with E-state index in [9.17, 15) is 0 Å². The third-order valence-electron chi connectivity index (χ3n) is 3.12. The van der Waals surface area contributed by atoms with Gasteiger partial charge >= 0.3 is 0 Å². The fourth-order valence-electron chi connectivity index (χ4n) is 2.06. The maximum Gasteiger partial charge on any atom is 0.0700 e. The van der Waals surface area contributed by atoms with Crippen LogP contribution in [0.3, 0.4) is 0 Å². The van der Waals surface area contributed by atoms with Gasteiger partial charge in [0.15, 0.2) is 0 Å². The van der Waals surface area contributed by atoms with Gasteiger partial charge in [-0.1, -0.05) is 30.3 Å². The van der Waals surface area contributed by atoms with E-state index in [1.165, 1.54) is 5.56 Å². The third-order valence-corrected chi connectivity index (χ3v) is 3.12. The van der Waals surface area contributed by atoms with Crippen molar-refractivity contribution < 1.29 is 9.47 Å². The third kappa shape index (κ3) is 8.27. The van der Waals surface area contributed by atoms with E-state index in [1.54, 1.807) is 7.11 Å². The number of rotatable bonds is 12. The Bertz CT molecular complexity index is 320. The minimum Gasteiger partial charge on any atom is -0.382 e. The molecule has 1 aromatic rings. The molecule has 4 nitrogen and oxygen atoms in total. The lowest BCUT2D eigenvalue weighted by molar-refractivity contribution is 0.0648. The lowest BCUT2D eigenvalue weighted by Gasteiger charge is -2.22. The molecule has 0 unspecified atom stereocenters. The van der Waals surface area contributed by atoms with Crippen molar-refractivity contribution in [3.8, 4) is 0 Å². The number of nitrogens with two attached hydrogens (primary N) is 1. The van der Waals surface area contributed by atoms with E-state index < -0.39 is 0 Å². The smallest absolute Gasteiger partial charge is 0.0700 e. The van der Waals surface area contributed by atoms with Gasteiger partial charge in [0.25, 0.3) is 0 Å². The molecule has 1 rings (SSSR count). The first kappa shape index (κ1) is 17.1. The van der Waals surface area contributed by atoms with Crippen LogP contribution in [0.25, 0.3) is 0 Å². The first-order valence-electron chi connectivity index (χ1n) is 7.40. The minimum absolute atomic E-state index is 0.668. The normalized spacial score (nSPS) is 11.2. The molecule has 0 saturated heterocycles. The molecule has 0 aliphatic carbocycles. The lowest BCUT2D eigenvalue weighted by Crippen LogP contribution is -2.28. The maximum absolute atomic E-state index is 5.61. The Hall–Kier alpha value is -0.940. The van der Waals surface area contributed by atoms with E-state index in [-0.39, 0.29) is 0 Å². The number of nitrogens with zero attached hydrogens (tertiary/aromatic N) is 1. The Labute approximate surface area is 122 Å². The van der Waals surface area contributed by atoms with Gasteiger partial charge in [-0.05, 0) is 31.5 Å². The second-order valence-electron chi connectivity index (χ2n) is 4.86. The average molecular weight is 280 g/mol. The Morgan fingerprint density at radius 2 is 1.75 bits per heavy atom. The quantitative estimate of drug-likeness (QED) is 0.594. The van der Waals surface area contributed by atoms with Gasteiger partial charge in [0.1, 0.15) is 0 Å². The minimum atomic E-state index is 0.668. The standard InChI is InChI=1S/C16H28N2O2/c1-19-13-14-20-12-6-11-18(10-5-9-17)15-16-7-3-2-4-8-16/h2-4,7-8H,5-6,9-15,17H2,1H3. The lowest BCUT2D eigenvalue weighted by atomic mass is 10.2. The Morgan fingerprint density at radius 1 is 1.00 bits per heavy atom. The second kappa shape index (κ2) is 11.9. The van der Waals surface area contributed by atoms with Gasteiger partial charge in [-0.15, -0.1) is 0 Å². The van der Waals surface area contributed by atoms with Gasteiger partial charge in [0, 0.05) is 26.8 Å². The molecule has 1 aromatic carbocycles. The maximum atomic E-state index is 5.61. The van der Waals surface area contributed by atoms with Crippen molar-refractivity contribution in [3.63, 3.8) is 0 Å². The highest BCUT2D eigenvalue weighted by Gasteiger charge is 2.05. The van der Waals surface area contributed by atoms with Crippen LogP contribution in [0.15, 0.2) is 30.3 Å². The van der Waals surface area contributed by atoms with Crippen molar-refractivity contribution >= 4 is 0 Å². The second-order valence-corrected chi connectivity index (χ2v) is 4.86. The highest BCUT2D eigenvalue weighted by Crippen LogP contribution is 2.05. The predicted octanol–water partition coefficient (Wildman–Crippen LogP) is 1.89. The van der Waals surface area contributed by atoms with Gasteiger partial charge < -0.3 is 15.2 Å². The van der Waals surface area contributed by atoms with Crippen LogP contribution < -0.4 is 5.73 Å². The summed E-state index contributed by atoms with van der Waals surface area (Å²) in [7, 11) is 1.69. The van der Waals surface area contributed by atoms with Crippen molar-refractivity contribution in [2.75, 3.05) is 46.6 Å². The summed E-state index contributed by atoms with van der Waals surface area (Å²) in [5.74, 6) is 0. The molecule has 0 amide bonds. The summed E-state index contributed by atoms with van der Waals surface area (Å²) < 4.78 is 10.5. The molecule has 0 atom stereocenters. The molecule has 4 heteroatoms. The highest BCUT2D eigenvalue weighted by atomic mass is 16.5. The molecule has 114 valence electrons. The molecule has 0 aliphatic heterocycles. The highest BCUT2D eigenvalue weighted by molar-refractivity contribution is 5.14. The zero-order valence-corrected chi connectivity index (χ0v) is 12.6. The summed E-state index contributed by atoms with van der Waals surface area (Å²) in [4.78, 5) is 2.45. The van der Waals surface area contributed by atoms with Gasteiger partial charge in [0.2, 0.25) is 0 Å². The fraction of sp³-hybridized carbons (Fsp3) is 0.625. The monoisotopic (exact) mass is 280 g/mol. The molecular formula is C16H28N2O2. The van der Waals surface area contributed by atoms with Gasteiger partial charge in [-0.25, -0.2) is 0 Å². The molecule has 0 saturated carbocycles. The molecule has 0 aliphatic rings. The summed E-state index contributed by atoms with van der Waals surface area (Å²) in [6.07, 6.45) is 2.08. The molecular weight excluding hydrogens is 252 g/mol. The molecule has 0 aromatic heterocycles. The van der Waals surface area contributed by atoms with Crippen LogP contribution in [0.2, 0.25) is 0 Å². The number of benzene rings is 1. The van der Waals surface area contributed by atoms with E-state index >= 15 is 0 Å². The zero-order chi connectivity index (χ0) is 14.5. The molecule has 20 heavy (non-hydrogen) atoms. The van der Waals surface area contributed by atoms with Crippen molar-refractivity contribution in [1.82, 2.24) is 4.90 Å². The number of hydrogen-bond donors (Lipinski definition) is 1. The van der Waals surface area contributed by atoms with Crippen LogP contribution in [0, 0.1) is 0 Å². The zero-order valence-electron chi connectivity index (χ0n) is 12.6. The number of methoxy groups -OCH3 is 1. The van der Waals surface area contributed by atoms with Crippen LogP contribution in [0.1, 0.15) is 18.4 Å². The van der Waals surface area contributed by atoms with E-state index in [1.807, 2.05) is 0 Å². The Kier molecular flexibility index (Phi) is 10.1. The first-order valence-corrected chi connectivity index (χ1v) is 7.40. The molecule has 0 heterocycles. The van der Waals surface area contributed by atoms with Crippen LogP contribution in [0.4, 0.5) is 0 Å². The van der Waals surface area contributed by atoms with Gasteiger partial charge in [-0.2, -0.15) is 0 Å². The van der Waals surface area contributed by atoms with E-state index in [0.29, 0.717) is 13.2 Å². The Morgan fingerprint density at radius 3 is 2.45 bits per heavy atom. The first-order chi connectivity index (χ1) is 9.86. The summed E-state index contributed by atoms with van der Waals surface area (Å²) in [5, 5.41) is 0. The fourth-order valence-corrected chi connectivity index (χ4v) is 2.06. The van der Waals surface area contributed by atoms with Crippen molar-refractivity contribution in [2.45, 2.75) is 19.4 Å². The summed E-state index contributed by atoms with van der Waals surface area (Å²) in [6, 6.07) is 10.6. The van der Waals surface area contributed by atoms with Gasteiger partial charge in [0.05, 0.1) is 13.2 Å².